The van der Waals surface area contributed by atoms with E-state index >= 15 is 0 Å². The second kappa shape index (κ2) is 6.11. The minimum absolute atomic E-state index is 0.552. The number of amides is 2. The smallest absolute Gasteiger partial charge is 0.324 e. The third-order valence-corrected chi connectivity index (χ3v) is 4.34. The number of benzene rings is 2. The molecule has 0 spiro atoms. The first-order valence-electron chi connectivity index (χ1n) is 6.72. The standard InChI is InChI=1S/C16H15N3O2S/c1-21-12-8-6-11(7-9-12)19(16(17)20)15-10-22-14-5-3-2-4-13(14)18-15/h2-9H,10H2,1H3,(H2,17,20). The fourth-order valence-corrected chi connectivity index (χ4v) is 3.15. The van der Waals surface area contributed by atoms with Crippen molar-refractivity contribution in [2.45, 2.75) is 4.90 Å². The number of methoxy groups -OCH3 is 1. The number of rotatable bonds is 2. The van der Waals surface area contributed by atoms with E-state index in [-0.39, 0.29) is 0 Å². The molecule has 0 bridgehead atoms. The lowest BCUT2D eigenvalue weighted by Crippen LogP contribution is -2.42. The molecule has 2 aromatic rings. The molecule has 1 heterocycles. The van der Waals surface area contributed by atoms with E-state index in [1.54, 1.807) is 43.1 Å². The number of ether oxygens (including phenoxy) is 1. The Bertz CT molecular complexity index is 728. The topological polar surface area (TPSA) is 67.9 Å². The zero-order valence-electron chi connectivity index (χ0n) is 12.0. The summed E-state index contributed by atoms with van der Waals surface area (Å²) in [5, 5.41) is 0. The Labute approximate surface area is 132 Å². The van der Waals surface area contributed by atoms with E-state index in [0.29, 0.717) is 17.3 Å². The van der Waals surface area contributed by atoms with E-state index in [9.17, 15) is 4.79 Å². The second-order valence-electron chi connectivity index (χ2n) is 4.66. The molecule has 2 amide bonds. The van der Waals surface area contributed by atoms with Gasteiger partial charge < -0.3 is 10.5 Å². The number of primary amides is 1. The van der Waals surface area contributed by atoms with Gasteiger partial charge in [0.2, 0.25) is 0 Å². The minimum atomic E-state index is -0.552. The summed E-state index contributed by atoms with van der Waals surface area (Å²) in [5.74, 6) is 1.94. The number of fused-ring (bicyclic) bond motifs is 1. The molecule has 2 aromatic carbocycles. The number of hydrogen-bond acceptors (Lipinski definition) is 4. The highest BCUT2D eigenvalue weighted by Crippen LogP contribution is 2.35. The van der Waals surface area contributed by atoms with Crippen molar-refractivity contribution in [3.8, 4) is 5.75 Å². The van der Waals surface area contributed by atoms with Gasteiger partial charge in [0.25, 0.3) is 0 Å². The number of urea groups is 1. The molecular formula is C16H15N3O2S. The zero-order valence-corrected chi connectivity index (χ0v) is 12.8. The lowest BCUT2D eigenvalue weighted by atomic mass is 10.2. The number of para-hydroxylation sites is 1. The molecule has 0 fully saturated rings. The molecule has 3 rings (SSSR count). The summed E-state index contributed by atoms with van der Waals surface area (Å²) in [5.41, 5.74) is 7.08. The van der Waals surface area contributed by atoms with E-state index in [1.165, 1.54) is 4.90 Å². The Morgan fingerprint density at radius 2 is 1.95 bits per heavy atom. The van der Waals surface area contributed by atoms with E-state index in [0.717, 1.165) is 16.3 Å². The number of amidine groups is 1. The normalized spacial score (nSPS) is 13.0. The minimum Gasteiger partial charge on any atom is -0.497 e. The van der Waals surface area contributed by atoms with E-state index in [1.807, 2.05) is 24.3 Å². The molecule has 0 unspecified atom stereocenters. The summed E-state index contributed by atoms with van der Waals surface area (Å²) < 4.78 is 5.13. The molecule has 0 aliphatic carbocycles. The molecule has 6 heteroatoms. The van der Waals surface area contributed by atoms with Crippen molar-refractivity contribution < 1.29 is 9.53 Å². The quantitative estimate of drug-likeness (QED) is 0.923. The van der Waals surface area contributed by atoms with Crippen LogP contribution in [-0.2, 0) is 0 Å². The summed E-state index contributed by atoms with van der Waals surface area (Å²) in [6.45, 7) is 0. The summed E-state index contributed by atoms with van der Waals surface area (Å²) in [6.07, 6.45) is 0. The van der Waals surface area contributed by atoms with Crippen molar-refractivity contribution in [1.82, 2.24) is 0 Å². The molecule has 0 saturated carbocycles. The van der Waals surface area contributed by atoms with Gasteiger partial charge in [0.1, 0.15) is 11.6 Å². The number of anilines is 1. The number of aliphatic imine (C=N–C) groups is 1. The van der Waals surface area contributed by atoms with E-state index < -0.39 is 6.03 Å². The maximum atomic E-state index is 11.9. The van der Waals surface area contributed by atoms with Gasteiger partial charge in [-0.1, -0.05) is 12.1 Å². The molecule has 2 N–H and O–H groups in total. The Balaban J connectivity index is 1.98. The van der Waals surface area contributed by atoms with Gasteiger partial charge >= 0.3 is 6.03 Å². The van der Waals surface area contributed by atoms with Gasteiger partial charge in [-0.3, -0.25) is 0 Å². The van der Waals surface area contributed by atoms with Crippen LogP contribution in [0, 0.1) is 0 Å². The molecule has 1 aliphatic heterocycles. The average molecular weight is 313 g/mol. The zero-order chi connectivity index (χ0) is 15.5. The van der Waals surface area contributed by atoms with Crippen LogP contribution in [0.3, 0.4) is 0 Å². The summed E-state index contributed by atoms with van der Waals surface area (Å²) in [7, 11) is 1.60. The number of hydrogen-bond donors (Lipinski definition) is 1. The third kappa shape index (κ3) is 2.78. The SMILES string of the molecule is COc1ccc(N(C(N)=O)C2=Nc3ccccc3SC2)cc1. The highest BCUT2D eigenvalue weighted by Gasteiger charge is 2.23. The Kier molecular flexibility index (Phi) is 4.02. The van der Waals surface area contributed by atoms with Crippen LogP contribution in [0.2, 0.25) is 0 Å². The first kappa shape index (κ1) is 14.5. The highest BCUT2D eigenvalue weighted by atomic mass is 32.2. The van der Waals surface area contributed by atoms with Gasteiger partial charge in [0.05, 0.1) is 24.2 Å². The maximum Gasteiger partial charge on any atom is 0.324 e. The molecule has 0 aromatic heterocycles. The van der Waals surface area contributed by atoms with Gasteiger partial charge in [-0.2, -0.15) is 0 Å². The summed E-state index contributed by atoms with van der Waals surface area (Å²) >= 11 is 1.64. The predicted octanol–water partition coefficient (Wildman–Crippen LogP) is 3.42. The monoisotopic (exact) mass is 313 g/mol. The molecule has 0 radical (unpaired) electrons. The Hall–Kier alpha value is -2.47. The molecule has 0 saturated heterocycles. The first-order valence-corrected chi connectivity index (χ1v) is 7.70. The van der Waals surface area contributed by atoms with Gasteiger partial charge in [0, 0.05) is 4.90 Å². The van der Waals surface area contributed by atoms with E-state index in [4.69, 9.17) is 10.5 Å². The Morgan fingerprint density at radius 3 is 2.64 bits per heavy atom. The second-order valence-corrected chi connectivity index (χ2v) is 5.67. The number of carbonyl (C=O) groups excluding carboxylic acids is 1. The van der Waals surface area contributed by atoms with Crippen LogP contribution >= 0.6 is 11.8 Å². The largest absolute Gasteiger partial charge is 0.497 e. The van der Waals surface area contributed by atoms with Gasteiger partial charge in [-0.05, 0) is 36.4 Å². The van der Waals surface area contributed by atoms with Crippen molar-refractivity contribution in [3.63, 3.8) is 0 Å². The number of carbonyl (C=O) groups is 1. The Morgan fingerprint density at radius 1 is 1.23 bits per heavy atom. The fourth-order valence-electron chi connectivity index (χ4n) is 2.23. The molecule has 1 aliphatic rings. The van der Waals surface area contributed by atoms with Crippen molar-refractivity contribution in [2.75, 3.05) is 17.8 Å². The highest BCUT2D eigenvalue weighted by molar-refractivity contribution is 8.00. The third-order valence-electron chi connectivity index (χ3n) is 3.28. The predicted molar refractivity (Wildman–Crippen MR) is 89.3 cm³/mol. The van der Waals surface area contributed by atoms with Crippen LogP contribution in [-0.4, -0.2) is 24.7 Å². The van der Waals surface area contributed by atoms with Crippen LogP contribution < -0.4 is 15.4 Å². The summed E-state index contributed by atoms with van der Waals surface area (Å²) in [4.78, 5) is 19.0. The van der Waals surface area contributed by atoms with Crippen LogP contribution in [0.15, 0.2) is 58.4 Å². The summed E-state index contributed by atoms with van der Waals surface area (Å²) in [6, 6.07) is 14.4. The molecule has 112 valence electrons. The number of thioether (sulfide) groups is 1. The van der Waals surface area contributed by atoms with Crippen molar-refractivity contribution >= 4 is 35.0 Å². The van der Waals surface area contributed by atoms with E-state index in [2.05, 4.69) is 4.99 Å². The lowest BCUT2D eigenvalue weighted by molar-refractivity contribution is 0.256. The van der Waals surface area contributed by atoms with Crippen molar-refractivity contribution in [1.29, 1.82) is 0 Å². The molecule has 22 heavy (non-hydrogen) atoms. The molecular weight excluding hydrogens is 298 g/mol. The number of nitrogens with zero attached hydrogens (tertiary/aromatic N) is 2. The van der Waals surface area contributed by atoms with Gasteiger partial charge in [-0.15, -0.1) is 11.8 Å². The average Bonchev–Trinajstić information content (AvgIpc) is 2.55. The molecule has 5 nitrogen and oxygen atoms in total. The maximum absolute atomic E-state index is 11.9. The van der Waals surface area contributed by atoms with Crippen LogP contribution in [0.1, 0.15) is 0 Å². The van der Waals surface area contributed by atoms with Crippen molar-refractivity contribution in [3.05, 3.63) is 48.5 Å². The lowest BCUT2D eigenvalue weighted by Gasteiger charge is -2.25. The molecule has 0 atom stereocenters. The van der Waals surface area contributed by atoms with Crippen LogP contribution in [0.25, 0.3) is 0 Å². The number of nitrogens with two attached hydrogens (primary N) is 1. The van der Waals surface area contributed by atoms with Crippen molar-refractivity contribution in [2.24, 2.45) is 10.7 Å². The first-order chi connectivity index (χ1) is 10.7. The van der Waals surface area contributed by atoms with Gasteiger partial charge in [-0.25, -0.2) is 14.7 Å². The van der Waals surface area contributed by atoms with Gasteiger partial charge in [0.15, 0.2) is 0 Å². The van der Waals surface area contributed by atoms with Crippen LogP contribution in [0.4, 0.5) is 16.2 Å². The fraction of sp³-hybridized carbons (Fsp3) is 0.125. The van der Waals surface area contributed by atoms with Crippen LogP contribution in [0.5, 0.6) is 5.75 Å².